The zero-order valence-corrected chi connectivity index (χ0v) is 16.8. The van der Waals surface area contributed by atoms with Crippen LogP contribution in [0.3, 0.4) is 0 Å². The molecule has 146 valence electrons. The van der Waals surface area contributed by atoms with Gasteiger partial charge in [-0.15, -0.1) is 0 Å². The van der Waals surface area contributed by atoms with Gasteiger partial charge >= 0.3 is 0 Å². The number of nitrogen functional groups attached to an aromatic ring is 1. The molecule has 2 heterocycles. The molecule has 1 saturated heterocycles. The summed E-state index contributed by atoms with van der Waals surface area (Å²) in [6, 6.07) is 10.7. The summed E-state index contributed by atoms with van der Waals surface area (Å²) in [5.41, 5.74) is 9.24. The largest absolute Gasteiger partial charge is 0.399 e. The van der Waals surface area contributed by atoms with E-state index in [1.165, 1.54) is 0 Å². The molecule has 2 aliphatic heterocycles. The number of nitrogens with zero attached hydrogens (tertiary/aromatic N) is 2. The molecule has 2 aliphatic rings. The van der Waals surface area contributed by atoms with Gasteiger partial charge in [0, 0.05) is 34.5 Å². The number of amides is 2. The molecular formula is C21H21Cl2N3O2. The molecular weight excluding hydrogens is 397 g/mol. The fourth-order valence-corrected chi connectivity index (χ4v) is 4.70. The van der Waals surface area contributed by atoms with Crippen LogP contribution in [0.2, 0.25) is 10.0 Å². The minimum absolute atomic E-state index is 0.0162. The summed E-state index contributed by atoms with van der Waals surface area (Å²) in [4.78, 5) is 29.2. The molecule has 0 spiro atoms. The van der Waals surface area contributed by atoms with E-state index in [1.54, 1.807) is 18.2 Å². The molecule has 2 N–H and O–H groups in total. The van der Waals surface area contributed by atoms with Gasteiger partial charge in [0.25, 0.3) is 0 Å². The standard InChI is InChI=1S/C21H21Cl2N3O2/c22-15-6-13(7-16(23)10-15)8-20(27)25-5-1-2-18(12-25)26-19-11-17(24)4-3-14(19)9-21(26)28/h3-4,6-7,10-11,18H,1-2,5,8-9,12,24H2/t18-/m0/s1. The molecule has 0 radical (unpaired) electrons. The van der Waals surface area contributed by atoms with Crippen LogP contribution in [0.15, 0.2) is 36.4 Å². The van der Waals surface area contributed by atoms with Crippen molar-refractivity contribution in [3.05, 3.63) is 57.6 Å². The number of halogens is 2. The summed E-state index contributed by atoms with van der Waals surface area (Å²) in [5.74, 6) is 0.0870. The van der Waals surface area contributed by atoms with Crippen molar-refractivity contribution >= 4 is 46.4 Å². The van der Waals surface area contributed by atoms with Gasteiger partial charge < -0.3 is 15.5 Å². The number of carbonyl (C=O) groups excluding carboxylic acids is 2. The Morgan fingerprint density at radius 1 is 1.14 bits per heavy atom. The SMILES string of the molecule is Nc1ccc2c(c1)N([C@H]1CCCN(C(=O)Cc3cc(Cl)cc(Cl)c3)C1)C(=O)C2. The van der Waals surface area contributed by atoms with Crippen molar-refractivity contribution in [2.75, 3.05) is 23.7 Å². The normalized spacial score (nSPS) is 19.1. The lowest BCUT2D eigenvalue weighted by molar-refractivity contribution is -0.132. The molecule has 0 aromatic heterocycles. The molecule has 1 fully saturated rings. The third-order valence-electron chi connectivity index (χ3n) is 5.37. The van der Waals surface area contributed by atoms with E-state index in [-0.39, 0.29) is 24.3 Å². The van der Waals surface area contributed by atoms with Gasteiger partial charge in [0.05, 0.1) is 18.9 Å². The van der Waals surface area contributed by atoms with Crippen LogP contribution in [-0.2, 0) is 22.4 Å². The molecule has 4 rings (SSSR count). The quantitative estimate of drug-likeness (QED) is 0.774. The van der Waals surface area contributed by atoms with Crippen molar-refractivity contribution in [2.45, 2.75) is 31.7 Å². The Kier molecular flexibility index (Phi) is 5.21. The number of carbonyl (C=O) groups is 2. The predicted octanol–water partition coefficient (Wildman–Crippen LogP) is 3.70. The molecule has 0 bridgehead atoms. The van der Waals surface area contributed by atoms with E-state index in [9.17, 15) is 9.59 Å². The molecule has 7 heteroatoms. The Labute approximate surface area is 174 Å². The highest BCUT2D eigenvalue weighted by Gasteiger charge is 2.36. The van der Waals surface area contributed by atoms with Crippen LogP contribution in [0.4, 0.5) is 11.4 Å². The molecule has 2 aromatic carbocycles. The first-order valence-corrected chi connectivity index (χ1v) is 10.1. The minimum Gasteiger partial charge on any atom is -0.399 e. The van der Waals surface area contributed by atoms with Crippen LogP contribution in [0.1, 0.15) is 24.0 Å². The lowest BCUT2D eigenvalue weighted by Crippen LogP contribution is -2.51. The number of rotatable bonds is 3. The second-order valence-corrected chi connectivity index (χ2v) is 8.29. The molecule has 2 aromatic rings. The average Bonchev–Trinajstić information content (AvgIpc) is 2.96. The van der Waals surface area contributed by atoms with E-state index in [1.807, 2.05) is 28.0 Å². The van der Waals surface area contributed by atoms with Crippen molar-refractivity contribution in [3.63, 3.8) is 0 Å². The Balaban J connectivity index is 1.50. The van der Waals surface area contributed by atoms with Crippen molar-refractivity contribution < 1.29 is 9.59 Å². The second-order valence-electron chi connectivity index (χ2n) is 7.42. The summed E-state index contributed by atoms with van der Waals surface area (Å²) in [6.07, 6.45) is 2.35. The topological polar surface area (TPSA) is 66.6 Å². The first-order chi connectivity index (χ1) is 13.4. The third-order valence-corrected chi connectivity index (χ3v) is 5.81. The van der Waals surface area contributed by atoms with Gasteiger partial charge in [0.1, 0.15) is 0 Å². The van der Waals surface area contributed by atoms with Crippen molar-refractivity contribution in [1.29, 1.82) is 0 Å². The fourth-order valence-electron chi connectivity index (χ4n) is 4.13. The van der Waals surface area contributed by atoms with Crippen LogP contribution in [-0.4, -0.2) is 35.8 Å². The summed E-state index contributed by atoms with van der Waals surface area (Å²) in [6.45, 7) is 1.21. The molecule has 0 unspecified atom stereocenters. The Morgan fingerprint density at radius 3 is 2.64 bits per heavy atom. The lowest BCUT2D eigenvalue weighted by atomic mass is 10.0. The molecule has 1 atom stereocenters. The number of fused-ring (bicyclic) bond motifs is 1. The summed E-state index contributed by atoms with van der Waals surface area (Å²) in [7, 11) is 0. The number of hydrogen-bond donors (Lipinski definition) is 1. The third kappa shape index (κ3) is 3.82. The van der Waals surface area contributed by atoms with Crippen LogP contribution in [0, 0.1) is 0 Å². The first kappa shape index (κ1) is 19.1. The minimum atomic E-state index is -0.0313. The van der Waals surface area contributed by atoms with Gasteiger partial charge in [-0.3, -0.25) is 9.59 Å². The van der Waals surface area contributed by atoms with Crippen molar-refractivity contribution in [1.82, 2.24) is 4.90 Å². The van der Waals surface area contributed by atoms with E-state index in [0.29, 0.717) is 35.2 Å². The summed E-state index contributed by atoms with van der Waals surface area (Å²) in [5, 5.41) is 1.03. The fraction of sp³-hybridized carbons (Fsp3) is 0.333. The van der Waals surface area contributed by atoms with Crippen molar-refractivity contribution in [2.24, 2.45) is 0 Å². The maximum Gasteiger partial charge on any atom is 0.231 e. The van der Waals surface area contributed by atoms with E-state index in [0.717, 1.165) is 29.7 Å². The number of nitrogens with two attached hydrogens (primary N) is 1. The van der Waals surface area contributed by atoms with E-state index < -0.39 is 0 Å². The van der Waals surface area contributed by atoms with Crippen LogP contribution >= 0.6 is 23.2 Å². The summed E-state index contributed by atoms with van der Waals surface area (Å²) >= 11 is 12.1. The highest BCUT2D eigenvalue weighted by atomic mass is 35.5. The van der Waals surface area contributed by atoms with Gasteiger partial charge in [-0.2, -0.15) is 0 Å². The average molecular weight is 418 g/mol. The molecule has 2 amide bonds. The Hall–Kier alpha value is -2.24. The number of benzene rings is 2. The van der Waals surface area contributed by atoms with E-state index in [2.05, 4.69) is 0 Å². The zero-order valence-electron chi connectivity index (χ0n) is 15.3. The van der Waals surface area contributed by atoms with E-state index in [4.69, 9.17) is 28.9 Å². The number of piperidine rings is 1. The van der Waals surface area contributed by atoms with Gasteiger partial charge in [0.15, 0.2) is 0 Å². The summed E-state index contributed by atoms with van der Waals surface area (Å²) < 4.78 is 0. The van der Waals surface area contributed by atoms with Crippen LogP contribution in [0.25, 0.3) is 0 Å². The zero-order chi connectivity index (χ0) is 19.8. The molecule has 0 saturated carbocycles. The number of anilines is 2. The van der Waals surface area contributed by atoms with E-state index >= 15 is 0 Å². The Morgan fingerprint density at radius 2 is 1.89 bits per heavy atom. The molecule has 5 nitrogen and oxygen atoms in total. The van der Waals surface area contributed by atoms with Gasteiger partial charge in [-0.25, -0.2) is 0 Å². The van der Waals surface area contributed by atoms with Crippen LogP contribution in [0.5, 0.6) is 0 Å². The van der Waals surface area contributed by atoms with Gasteiger partial charge in [-0.05, 0) is 54.3 Å². The predicted molar refractivity (Wildman–Crippen MR) is 112 cm³/mol. The second kappa shape index (κ2) is 7.64. The maximum absolute atomic E-state index is 12.8. The van der Waals surface area contributed by atoms with Gasteiger partial charge in [0.2, 0.25) is 11.8 Å². The lowest BCUT2D eigenvalue weighted by Gasteiger charge is -2.38. The molecule has 28 heavy (non-hydrogen) atoms. The monoisotopic (exact) mass is 417 g/mol. The maximum atomic E-state index is 12.8. The van der Waals surface area contributed by atoms with Crippen LogP contribution < -0.4 is 10.6 Å². The Bertz CT molecular complexity index is 927. The highest BCUT2D eigenvalue weighted by Crippen LogP contribution is 2.34. The number of likely N-dealkylation sites (tertiary alicyclic amines) is 1. The molecule has 0 aliphatic carbocycles. The smallest absolute Gasteiger partial charge is 0.231 e. The number of hydrogen-bond acceptors (Lipinski definition) is 3. The first-order valence-electron chi connectivity index (χ1n) is 9.34. The van der Waals surface area contributed by atoms with Crippen molar-refractivity contribution in [3.8, 4) is 0 Å². The van der Waals surface area contributed by atoms with Gasteiger partial charge in [-0.1, -0.05) is 29.3 Å². The highest BCUT2D eigenvalue weighted by molar-refractivity contribution is 6.34.